The van der Waals surface area contributed by atoms with E-state index >= 15 is 0 Å². The van der Waals surface area contributed by atoms with Gasteiger partial charge in [0.25, 0.3) is 5.69 Å². The van der Waals surface area contributed by atoms with Crippen LogP contribution < -0.4 is 0 Å². The molecular formula is C21H18N6O2. The fourth-order valence-corrected chi connectivity index (χ4v) is 3.39. The van der Waals surface area contributed by atoms with Gasteiger partial charge in [-0.25, -0.2) is 0 Å². The number of nitro benzene ring substituents is 1. The lowest BCUT2D eigenvalue weighted by molar-refractivity contribution is -0.384. The predicted octanol–water partition coefficient (Wildman–Crippen LogP) is 2.59. The van der Waals surface area contributed by atoms with E-state index < -0.39 is 4.92 Å². The van der Waals surface area contributed by atoms with Crippen molar-refractivity contribution in [3.05, 3.63) is 81.4 Å². The first-order chi connectivity index (χ1) is 14.1. The Morgan fingerprint density at radius 2 is 2.03 bits per heavy atom. The first kappa shape index (κ1) is 18.5. The summed E-state index contributed by atoms with van der Waals surface area (Å²) in [7, 11) is 1.90. The molecule has 0 atom stereocenters. The van der Waals surface area contributed by atoms with Gasteiger partial charge in [0.05, 0.1) is 29.4 Å². The third-order valence-electron chi connectivity index (χ3n) is 4.68. The summed E-state index contributed by atoms with van der Waals surface area (Å²) >= 11 is 0. The van der Waals surface area contributed by atoms with Crippen LogP contribution in [-0.2, 0) is 13.1 Å². The van der Waals surface area contributed by atoms with Crippen molar-refractivity contribution >= 4 is 11.4 Å². The maximum atomic E-state index is 11.4. The summed E-state index contributed by atoms with van der Waals surface area (Å²) in [6, 6.07) is 14.4. The topological polar surface area (TPSA) is 89.5 Å². The molecule has 0 radical (unpaired) electrons. The lowest BCUT2D eigenvalue weighted by atomic mass is 10.00. The fraction of sp³-hybridized carbons (Fsp3) is 0.190. The van der Waals surface area contributed by atoms with Crippen molar-refractivity contribution in [1.82, 2.24) is 19.7 Å². The van der Waals surface area contributed by atoms with Crippen LogP contribution in [0.25, 0.3) is 5.69 Å². The smallest absolute Gasteiger partial charge is 0.270 e. The molecule has 1 aliphatic rings. The molecule has 0 unspecified atom stereocenters. The van der Waals surface area contributed by atoms with Gasteiger partial charge in [-0.05, 0) is 13.1 Å². The van der Waals surface area contributed by atoms with Gasteiger partial charge < -0.3 is 0 Å². The highest BCUT2D eigenvalue weighted by molar-refractivity contribution is 6.15. The molecule has 0 saturated heterocycles. The van der Waals surface area contributed by atoms with E-state index in [4.69, 9.17) is 11.4 Å². The molecule has 0 amide bonds. The lowest BCUT2D eigenvalue weighted by Crippen LogP contribution is -2.21. The standard InChI is InChI=1S/C21H18N6O2/c1-3-11-25(2)14-20-24-23-19-13-22-21(15-7-5-4-6-8-15)17-12-16(27(28)29)9-10-18(17)26(19)20/h1,4-10,12H,11,13-14H2,2H3. The van der Waals surface area contributed by atoms with Gasteiger partial charge in [0.1, 0.15) is 6.54 Å². The van der Waals surface area contributed by atoms with Gasteiger partial charge in [-0.15, -0.1) is 16.6 Å². The number of nitrogens with zero attached hydrogens (tertiary/aromatic N) is 6. The molecular weight excluding hydrogens is 368 g/mol. The number of hydrogen-bond acceptors (Lipinski definition) is 6. The number of terminal acetylenes is 1. The molecule has 2 aromatic carbocycles. The molecule has 1 aliphatic heterocycles. The van der Waals surface area contributed by atoms with Gasteiger partial charge in [-0.1, -0.05) is 36.3 Å². The summed E-state index contributed by atoms with van der Waals surface area (Å²) < 4.78 is 1.92. The van der Waals surface area contributed by atoms with Gasteiger partial charge in [-0.2, -0.15) is 0 Å². The van der Waals surface area contributed by atoms with E-state index in [-0.39, 0.29) is 5.69 Å². The summed E-state index contributed by atoms with van der Waals surface area (Å²) in [4.78, 5) is 17.7. The third kappa shape index (κ3) is 3.51. The average Bonchev–Trinajstić information content (AvgIpc) is 3.03. The molecule has 0 saturated carbocycles. The van der Waals surface area contributed by atoms with Crippen molar-refractivity contribution in [2.24, 2.45) is 4.99 Å². The largest absolute Gasteiger partial charge is 0.288 e. The molecule has 144 valence electrons. The van der Waals surface area contributed by atoms with Crippen LogP contribution in [0.5, 0.6) is 0 Å². The Kier molecular flexibility index (Phi) is 4.89. The quantitative estimate of drug-likeness (QED) is 0.382. The van der Waals surface area contributed by atoms with Crippen LogP contribution in [0, 0.1) is 22.5 Å². The van der Waals surface area contributed by atoms with Crippen LogP contribution in [-0.4, -0.2) is 43.9 Å². The monoisotopic (exact) mass is 386 g/mol. The molecule has 0 N–H and O–H groups in total. The minimum absolute atomic E-state index is 0.00917. The summed E-state index contributed by atoms with van der Waals surface area (Å²) in [5, 5.41) is 20.0. The maximum absolute atomic E-state index is 11.4. The molecule has 1 aromatic heterocycles. The fourth-order valence-electron chi connectivity index (χ4n) is 3.39. The highest BCUT2D eigenvalue weighted by Gasteiger charge is 2.25. The van der Waals surface area contributed by atoms with E-state index in [9.17, 15) is 10.1 Å². The molecule has 8 nitrogen and oxygen atoms in total. The van der Waals surface area contributed by atoms with Gasteiger partial charge >= 0.3 is 0 Å². The van der Waals surface area contributed by atoms with Crippen LogP contribution in [0.2, 0.25) is 0 Å². The second-order valence-corrected chi connectivity index (χ2v) is 6.73. The van der Waals surface area contributed by atoms with Crippen LogP contribution in [0.3, 0.4) is 0 Å². The van der Waals surface area contributed by atoms with Crippen molar-refractivity contribution in [3.63, 3.8) is 0 Å². The number of fused-ring (bicyclic) bond motifs is 3. The molecule has 4 rings (SSSR count). The van der Waals surface area contributed by atoms with Crippen molar-refractivity contribution < 1.29 is 4.92 Å². The Bertz CT molecular complexity index is 1140. The predicted molar refractivity (Wildman–Crippen MR) is 109 cm³/mol. The minimum atomic E-state index is -0.400. The van der Waals surface area contributed by atoms with Crippen molar-refractivity contribution in [3.8, 4) is 18.0 Å². The van der Waals surface area contributed by atoms with Gasteiger partial charge in [0.15, 0.2) is 11.6 Å². The first-order valence-corrected chi connectivity index (χ1v) is 9.02. The van der Waals surface area contributed by atoms with Gasteiger partial charge in [0, 0.05) is 23.3 Å². The van der Waals surface area contributed by atoms with Crippen LogP contribution >= 0.6 is 0 Å². The number of rotatable bonds is 5. The molecule has 3 aromatic rings. The number of nitro groups is 1. The van der Waals surface area contributed by atoms with Crippen molar-refractivity contribution in [1.29, 1.82) is 0 Å². The van der Waals surface area contributed by atoms with E-state index in [0.717, 1.165) is 11.3 Å². The minimum Gasteiger partial charge on any atom is -0.288 e. The Labute approximate surface area is 167 Å². The zero-order valence-corrected chi connectivity index (χ0v) is 15.8. The number of aromatic nitrogens is 3. The first-order valence-electron chi connectivity index (χ1n) is 9.02. The molecule has 8 heteroatoms. The molecule has 0 bridgehead atoms. The summed E-state index contributed by atoms with van der Waals surface area (Å²) in [6.07, 6.45) is 5.41. The zero-order valence-electron chi connectivity index (χ0n) is 15.8. The Morgan fingerprint density at radius 3 is 2.76 bits per heavy atom. The normalized spacial score (nSPS) is 12.5. The van der Waals surface area contributed by atoms with Crippen LogP contribution in [0.15, 0.2) is 53.5 Å². The van der Waals surface area contributed by atoms with Crippen molar-refractivity contribution in [2.75, 3.05) is 13.6 Å². The van der Waals surface area contributed by atoms with Crippen molar-refractivity contribution in [2.45, 2.75) is 13.1 Å². The van der Waals surface area contributed by atoms with E-state index in [0.29, 0.717) is 42.6 Å². The molecule has 0 spiro atoms. The third-order valence-corrected chi connectivity index (χ3v) is 4.68. The Balaban J connectivity index is 1.89. The van der Waals surface area contributed by atoms with Gasteiger partial charge in [-0.3, -0.25) is 24.6 Å². The number of benzene rings is 2. The van der Waals surface area contributed by atoms with Gasteiger partial charge in [0.2, 0.25) is 0 Å². The van der Waals surface area contributed by atoms with Crippen LogP contribution in [0.4, 0.5) is 5.69 Å². The SMILES string of the molecule is C#CCN(C)Cc1nnc2n1-c1ccc([N+](=O)[O-])cc1C(c1ccccc1)=NC2. The summed E-state index contributed by atoms with van der Waals surface area (Å²) in [6.45, 7) is 1.29. The molecule has 29 heavy (non-hydrogen) atoms. The second-order valence-electron chi connectivity index (χ2n) is 6.73. The van der Waals surface area contributed by atoms with E-state index in [1.165, 1.54) is 6.07 Å². The van der Waals surface area contributed by atoms with E-state index in [1.54, 1.807) is 12.1 Å². The van der Waals surface area contributed by atoms with E-state index in [1.807, 2.05) is 46.8 Å². The Morgan fingerprint density at radius 1 is 1.24 bits per heavy atom. The maximum Gasteiger partial charge on any atom is 0.270 e. The average molecular weight is 386 g/mol. The number of non-ortho nitro benzene ring substituents is 1. The zero-order chi connectivity index (χ0) is 20.4. The summed E-state index contributed by atoms with van der Waals surface area (Å²) in [5.41, 5.74) is 3.02. The number of aliphatic imine (C=N–C) groups is 1. The van der Waals surface area contributed by atoms with E-state index in [2.05, 4.69) is 16.1 Å². The highest BCUT2D eigenvalue weighted by Crippen LogP contribution is 2.29. The van der Waals surface area contributed by atoms with Crippen LogP contribution in [0.1, 0.15) is 22.8 Å². The Hall–Kier alpha value is -3.83. The second kappa shape index (κ2) is 7.66. The lowest BCUT2D eigenvalue weighted by Gasteiger charge is -2.16. The number of hydrogen-bond donors (Lipinski definition) is 0. The summed E-state index contributed by atoms with van der Waals surface area (Å²) in [5.74, 6) is 3.99. The molecule has 0 fully saturated rings. The molecule has 0 aliphatic carbocycles. The highest BCUT2D eigenvalue weighted by atomic mass is 16.6. The molecule has 2 heterocycles.